The summed E-state index contributed by atoms with van der Waals surface area (Å²) >= 11 is 0. The van der Waals surface area contributed by atoms with E-state index >= 15 is 0 Å². The second-order valence-corrected chi connectivity index (χ2v) is 5.66. The van der Waals surface area contributed by atoms with E-state index < -0.39 is 0 Å². The number of methoxy groups -OCH3 is 2. The van der Waals surface area contributed by atoms with Crippen molar-refractivity contribution < 1.29 is 14.2 Å². The molecule has 1 aromatic rings. The van der Waals surface area contributed by atoms with Crippen LogP contribution in [-0.4, -0.2) is 33.0 Å². The quantitative estimate of drug-likeness (QED) is 0.642. The topological polar surface area (TPSA) is 65.7 Å². The van der Waals surface area contributed by atoms with Gasteiger partial charge in [-0.05, 0) is 36.6 Å². The average molecular weight is 294 g/mol. The molecular weight excluding hydrogens is 268 g/mol. The van der Waals surface area contributed by atoms with Crippen LogP contribution in [0.5, 0.6) is 5.75 Å². The number of nitrogens with two attached hydrogens (primary N) is 1. The van der Waals surface area contributed by atoms with E-state index in [1.807, 2.05) is 6.92 Å². The van der Waals surface area contributed by atoms with E-state index in [1.165, 1.54) is 0 Å². The first-order chi connectivity index (χ1) is 10.1. The fraction of sp³-hybridized carbons (Fsp3) is 0.625. The molecule has 118 valence electrons. The van der Waals surface area contributed by atoms with Crippen LogP contribution in [0.4, 0.5) is 0 Å². The Morgan fingerprint density at radius 2 is 1.86 bits per heavy atom. The summed E-state index contributed by atoms with van der Waals surface area (Å²) in [5, 5.41) is 0. The van der Waals surface area contributed by atoms with Gasteiger partial charge < -0.3 is 14.2 Å². The number of aryl methyl sites for hydroxylation is 2. The Kier molecular flexibility index (Phi) is 5.22. The van der Waals surface area contributed by atoms with E-state index in [2.05, 4.69) is 24.5 Å². The van der Waals surface area contributed by atoms with Gasteiger partial charge in [0.2, 0.25) is 0 Å². The third-order valence-corrected chi connectivity index (χ3v) is 4.53. The van der Waals surface area contributed by atoms with Crippen molar-refractivity contribution >= 4 is 0 Å². The highest BCUT2D eigenvalue weighted by atomic mass is 16.5. The second-order valence-electron chi connectivity index (χ2n) is 5.66. The van der Waals surface area contributed by atoms with Crippen molar-refractivity contribution in [3.8, 4) is 5.75 Å². The Balaban J connectivity index is 2.43. The normalized spacial score (nSPS) is 19.3. The van der Waals surface area contributed by atoms with E-state index in [9.17, 15) is 0 Å². The molecule has 0 amide bonds. The molecule has 1 aliphatic rings. The van der Waals surface area contributed by atoms with E-state index in [1.54, 1.807) is 14.2 Å². The largest absolute Gasteiger partial charge is 0.496 e. The number of nitrogens with one attached hydrogen (secondary N) is 1. The summed E-state index contributed by atoms with van der Waals surface area (Å²) < 4.78 is 16.8. The molecule has 0 bridgehead atoms. The molecule has 1 heterocycles. The first kappa shape index (κ1) is 16.2. The van der Waals surface area contributed by atoms with Crippen LogP contribution in [0.3, 0.4) is 0 Å². The molecule has 0 saturated carbocycles. The van der Waals surface area contributed by atoms with Crippen molar-refractivity contribution in [2.24, 2.45) is 5.84 Å². The lowest BCUT2D eigenvalue weighted by Gasteiger charge is -2.42. The van der Waals surface area contributed by atoms with Gasteiger partial charge in [0.25, 0.3) is 0 Å². The van der Waals surface area contributed by atoms with Gasteiger partial charge in [-0.1, -0.05) is 6.07 Å². The number of ether oxygens (including phenoxy) is 3. The zero-order valence-corrected chi connectivity index (χ0v) is 13.4. The summed E-state index contributed by atoms with van der Waals surface area (Å²) in [4.78, 5) is 0. The fourth-order valence-corrected chi connectivity index (χ4v) is 3.20. The fourth-order valence-electron chi connectivity index (χ4n) is 3.20. The van der Waals surface area contributed by atoms with Crippen LogP contribution in [0, 0.1) is 13.8 Å². The van der Waals surface area contributed by atoms with Crippen molar-refractivity contribution in [2.75, 3.05) is 27.4 Å². The third-order valence-electron chi connectivity index (χ3n) is 4.53. The Morgan fingerprint density at radius 1 is 1.19 bits per heavy atom. The maximum Gasteiger partial charge on any atom is 0.122 e. The Bertz CT molecular complexity index is 485. The predicted molar refractivity (Wildman–Crippen MR) is 82.3 cm³/mol. The Labute approximate surface area is 126 Å². The lowest BCUT2D eigenvalue weighted by atomic mass is 9.80. The molecular formula is C16H26N2O3. The van der Waals surface area contributed by atoms with Crippen molar-refractivity contribution in [1.29, 1.82) is 0 Å². The SMILES string of the molecule is COc1cc(C)c(C(NN)C2(OC)CCOCC2)cc1C. The molecule has 0 aromatic heterocycles. The molecule has 1 saturated heterocycles. The minimum atomic E-state index is -0.335. The van der Waals surface area contributed by atoms with Crippen LogP contribution >= 0.6 is 0 Å². The van der Waals surface area contributed by atoms with Crippen LogP contribution in [0.1, 0.15) is 35.6 Å². The van der Waals surface area contributed by atoms with Crippen molar-refractivity contribution in [2.45, 2.75) is 38.3 Å². The van der Waals surface area contributed by atoms with Gasteiger partial charge in [-0.3, -0.25) is 11.3 Å². The van der Waals surface area contributed by atoms with Crippen LogP contribution < -0.4 is 16.0 Å². The molecule has 2 rings (SSSR count). The van der Waals surface area contributed by atoms with Gasteiger partial charge >= 0.3 is 0 Å². The molecule has 0 radical (unpaired) electrons. The Hall–Kier alpha value is -1.14. The van der Waals surface area contributed by atoms with Crippen molar-refractivity contribution in [1.82, 2.24) is 5.43 Å². The molecule has 1 aromatic carbocycles. The number of hydrazine groups is 1. The van der Waals surface area contributed by atoms with Crippen LogP contribution in [0.25, 0.3) is 0 Å². The molecule has 5 nitrogen and oxygen atoms in total. The van der Waals surface area contributed by atoms with Gasteiger partial charge in [-0.25, -0.2) is 0 Å². The van der Waals surface area contributed by atoms with Crippen LogP contribution in [0.15, 0.2) is 12.1 Å². The smallest absolute Gasteiger partial charge is 0.122 e. The number of rotatable bonds is 5. The molecule has 1 unspecified atom stereocenters. The second kappa shape index (κ2) is 6.75. The van der Waals surface area contributed by atoms with Gasteiger partial charge in [0.05, 0.1) is 18.8 Å². The first-order valence-corrected chi connectivity index (χ1v) is 7.32. The minimum Gasteiger partial charge on any atom is -0.496 e. The lowest BCUT2D eigenvalue weighted by molar-refractivity contribution is -0.111. The molecule has 0 spiro atoms. The Morgan fingerprint density at radius 3 is 2.38 bits per heavy atom. The molecule has 5 heteroatoms. The molecule has 21 heavy (non-hydrogen) atoms. The van der Waals surface area contributed by atoms with E-state index in [0.29, 0.717) is 13.2 Å². The van der Waals surface area contributed by atoms with Gasteiger partial charge in [0, 0.05) is 33.2 Å². The minimum absolute atomic E-state index is 0.0731. The molecule has 3 N–H and O–H groups in total. The summed E-state index contributed by atoms with van der Waals surface area (Å²) in [5.41, 5.74) is 6.02. The van der Waals surface area contributed by atoms with E-state index in [4.69, 9.17) is 20.1 Å². The number of hydrogen-bond acceptors (Lipinski definition) is 5. The summed E-state index contributed by atoms with van der Waals surface area (Å²) in [6, 6.07) is 4.11. The molecule has 0 aliphatic carbocycles. The number of benzene rings is 1. The van der Waals surface area contributed by atoms with Crippen molar-refractivity contribution in [3.05, 3.63) is 28.8 Å². The zero-order valence-electron chi connectivity index (χ0n) is 13.4. The highest BCUT2D eigenvalue weighted by Gasteiger charge is 2.41. The number of hydrogen-bond donors (Lipinski definition) is 2. The highest BCUT2D eigenvalue weighted by Crippen LogP contribution is 2.39. The maximum atomic E-state index is 5.88. The first-order valence-electron chi connectivity index (χ1n) is 7.32. The van der Waals surface area contributed by atoms with Gasteiger partial charge in [0.15, 0.2) is 0 Å². The van der Waals surface area contributed by atoms with Crippen LogP contribution in [-0.2, 0) is 9.47 Å². The zero-order chi connectivity index (χ0) is 15.5. The summed E-state index contributed by atoms with van der Waals surface area (Å²) in [6.45, 7) is 5.50. The monoisotopic (exact) mass is 294 g/mol. The third kappa shape index (κ3) is 3.06. The maximum absolute atomic E-state index is 5.88. The summed E-state index contributed by atoms with van der Waals surface area (Å²) in [7, 11) is 3.44. The van der Waals surface area contributed by atoms with Crippen LogP contribution in [0.2, 0.25) is 0 Å². The molecule has 1 fully saturated rings. The van der Waals surface area contributed by atoms with Gasteiger partial charge in [-0.15, -0.1) is 0 Å². The van der Waals surface area contributed by atoms with Crippen molar-refractivity contribution in [3.63, 3.8) is 0 Å². The van der Waals surface area contributed by atoms with Gasteiger partial charge in [0.1, 0.15) is 5.75 Å². The highest BCUT2D eigenvalue weighted by molar-refractivity contribution is 5.43. The summed E-state index contributed by atoms with van der Waals surface area (Å²) in [5.74, 6) is 6.78. The lowest BCUT2D eigenvalue weighted by Crippen LogP contribution is -2.51. The summed E-state index contributed by atoms with van der Waals surface area (Å²) in [6.07, 6.45) is 1.64. The average Bonchev–Trinajstić information content (AvgIpc) is 2.51. The molecule has 1 atom stereocenters. The standard InChI is InChI=1S/C16H26N2O3/c1-11-10-14(19-3)12(2)9-13(11)15(18-17)16(20-4)5-7-21-8-6-16/h9-10,15,18H,5-8,17H2,1-4H3. The van der Waals surface area contributed by atoms with Gasteiger partial charge in [-0.2, -0.15) is 0 Å². The van der Waals surface area contributed by atoms with E-state index in [-0.39, 0.29) is 11.6 Å². The predicted octanol–water partition coefficient (Wildman–Crippen LogP) is 2.01. The van der Waals surface area contributed by atoms with E-state index in [0.717, 1.165) is 35.3 Å². The molecule has 1 aliphatic heterocycles.